The number of nitrogens with one attached hydrogen (secondary N) is 1. The van der Waals surface area contributed by atoms with Crippen molar-refractivity contribution in [2.45, 2.75) is 33.1 Å². The molecule has 0 heterocycles. The van der Waals surface area contributed by atoms with Crippen molar-refractivity contribution in [3.05, 3.63) is 53.6 Å². The van der Waals surface area contributed by atoms with E-state index in [1.165, 1.54) is 5.56 Å². The zero-order chi connectivity index (χ0) is 14.0. The number of anilines is 3. The highest BCUT2D eigenvalue weighted by molar-refractivity contribution is 5.65. The van der Waals surface area contributed by atoms with Crippen molar-refractivity contribution < 1.29 is 0 Å². The molecule has 19 heavy (non-hydrogen) atoms. The molecule has 0 saturated heterocycles. The minimum absolute atomic E-state index is 0.190. The minimum atomic E-state index is 0.190. The average molecular weight is 254 g/mol. The molecule has 0 radical (unpaired) electrons. The maximum Gasteiger partial charge on any atom is 0.0415 e. The van der Waals surface area contributed by atoms with Gasteiger partial charge in [0.2, 0.25) is 0 Å². The highest BCUT2D eigenvalue weighted by atomic mass is 14.9. The lowest BCUT2D eigenvalue weighted by atomic mass is 9.87. The van der Waals surface area contributed by atoms with Gasteiger partial charge < -0.3 is 11.1 Å². The van der Waals surface area contributed by atoms with E-state index in [1.807, 2.05) is 18.2 Å². The van der Waals surface area contributed by atoms with Gasteiger partial charge in [-0.25, -0.2) is 0 Å². The van der Waals surface area contributed by atoms with Gasteiger partial charge in [-0.1, -0.05) is 32.9 Å². The third-order valence-corrected chi connectivity index (χ3v) is 3.28. The Balaban J connectivity index is 2.20. The highest BCUT2D eigenvalue weighted by Crippen LogP contribution is 2.26. The van der Waals surface area contributed by atoms with Crippen LogP contribution < -0.4 is 11.1 Å². The van der Waals surface area contributed by atoms with Gasteiger partial charge in [0.15, 0.2) is 0 Å². The lowest BCUT2D eigenvalue weighted by Gasteiger charge is -2.19. The third kappa shape index (κ3) is 3.28. The van der Waals surface area contributed by atoms with Crippen molar-refractivity contribution >= 4 is 17.1 Å². The van der Waals surface area contributed by atoms with Gasteiger partial charge in [-0.2, -0.15) is 0 Å². The van der Waals surface area contributed by atoms with E-state index in [-0.39, 0.29) is 5.41 Å². The maximum atomic E-state index is 5.76. The molecule has 0 fully saturated rings. The molecule has 0 amide bonds. The van der Waals surface area contributed by atoms with Crippen LogP contribution in [0, 0.1) is 6.92 Å². The fraction of sp³-hybridized carbons (Fsp3) is 0.294. The van der Waals surface area contributed by atoms with Gasteiger partial charge >= 0.3 is 0 Å². The van der Waals surface area contributed by atoms with Crippen LogP contribution in [-0.4, -0.2) is 0 Å². The summed E-state index contributed by atoms with van der Waals surface area (Å²) in [4.78, 5) is 0. The fourth-order valence-corrected chi connectivity index (χ4v) is 2.04. The Morgan fingerprint density at radius 1 is 0.947 bits per heavy atom. The van der Waals surface area contributed by atoms with E-state index in [1.54, 1.807) is 0 Å². The van der Waals surface area contributed by atoms with Crippen LogP contribution in [-0.2, 0) is 5.41 Å². The first-order valence-corrected chi connectivity index (χ1v) is 6.60. The largest absolute Gasteiger partial charge is 0.399 e. The molecule has 2 aromatic rings. The Labute approximate surface area is 115 Å². The van der Waals surface area contributed by atoms with Crippen molar-refractivity contribution in [3.8, 4) is 0 Å². The van der Waals surface area contributed by atoms with Crippen molar-refractivity contribution in [1.29, 1.82) is 0 Å². The molecule has 2 aromatic carbocycles. The molecule has 0 aliphatic rings. The van der Waals surface area contributed by atoms with Crippen LogP contribution in [0.3, 0.4) is 0 Å². The number of aryl methyl sites for hydroxylation is 1. The molecule has 0 saturated carbocycles. The Morgan fingerprint density at radius 3 is 2.11 bits per heavy atom. The van der Waals surface area contributed by atoms with E-state index in [9.17, 15) is 0 Å². The molecule has 0 aliphatic heterocycles. The second-order valence-corrected chi connectivity index (χ2v) is 6.03. The molecular weight excluding hydrogens is 232 g/mol. The van der Waals surface area contributed by atoms with Crippen LogP contribution in [0.5, 0.6) is 0 Å². The fourth-order valence-electron chi connectivity index (χ4n) is 2.04. The average Bonchev–Trinajstić information content (AvgIpc) is 2.32. The lowest BCUT2D eigenvalue weighted by Crippen LogP contribution is -2.10. The Kier molecular flexibility index (Phi) is 3.52. The summed E-state index contributed by atoms with van der Waals surface area (Å²) in [5.74, 6) is 0. The van der Waals surface area contributed by atoms with Crippen molar-refractivity contribution in [1.82, 2.24) is 0 Å². The summed E-state index contributed by atoms with van der Waals surface area (Å²) in [7, 11) is 0. The Hall–Kier alpha value is -1.96. The van der Waals surface area contributed by atoms with E-state index in [2.05, 4.69) is 57.3 Å². The molecule has 0 bridgehead atoms. The highest BCUT2D eigenvalue weighted by Gasteiger charge is 2.12. The molecule has 0 unspecified atom stereocenters. The van der Waals surface area contributed by atoms with Gasteiger partial charge in [-0.05, 0) is 53.8 Å². The summed E-state index contributed by atoms with van der Waals surface area (Å²) in [6.45, 7) is 8.72. The van der Waals surface area contributed by atoms with E-state index in [0.717, 1.165) is 22.6 Å². The first kappa shape index (κ1) is 13.5. The summed E-state index contributed by atoms with van der Waals surface area (Å²) in [5.41, 5.74) is 11.4. The quantitative estimate of drug-likeness (QED) is 0.767. The van der Waals surface area contributed by atoms with Gasteiger partial charge in [-0.15, -0.1) is 0 Å². The predicted molar refractivity (Wildman–Crippen MR) is 84.0 cm³/mol. The number of nitrogen functional groups attached to an aromatic ring is 1. The van der Waals surface area contributed by atoms with Gasteiger partial charge in [0.1, 0.15) is 0 Å². The Morgan fingerprint density at radius 2 is 1.58 bits per heavy atom. The number of hydrogen-bond donors (Lipinski definition) is 2. The first-order valence-electron chi connectivity index (χ1n) is 6.60. The molecule has 2 rings (SSSR count). The molecule has 0 spiro atoms. The normalized spacial score (nSPS) is 11.4. The van der Waals surface area contributed by atoms with E-state index in [0.29, 0.717) is 0 Å². The van der Waals surface area contributed by atoms with Crippen molar-refractivity contribution in [2.75, 3.05) is 11.1 Å². The first-order chi connectivity index (χ1) is 8.86. The van der Waals surface area contributed by atoms with Crippen LogP contribution in [0.4, 0.5) is 17.1 Å². The maximum absolute atomic E-state index is 5.76. The second-order valence-electron chi connectivity index (χ2n) is 6.03. The lowest BCUT2D eigenvalue weighted by molar-refractivity contribution is 0.590. The van der Waals surface area contributed by atoms with Gasteiger partial charge in [-0.3, -0.25) is 0 Å². The molecular formula is C17H22N2. The zero-order valence-corrected chi connectivity index (χ0v) is 12.1. The van der Waals surface area contributed by atoms with Crippen LogP contribution >= 0.6 is 0 Å². The van der Waals surface area contributed by atoms with Gasteiger partial charge in [0.05, 0.1) is 0 Å². The van der Waals surface area contributed by atoms with Crippen molar-refractivity contribution in [3.63, 3.8) is 0 Å². The molecule has 0 aromatic heterocycles. The zero-order valence-electron chi connectivity index (χ0n) is 12.1. The van der Waals surface area contributed by atoms with Crippen molar-refractivity contribution in [2.24, 2.45) is 0 Å². The van der Waals surface area contributed by atoms with E-state index < -0.39 is 0 Å². The second kappa shape index (κ2) is 4.96. The molecule has 0 aliphatic carbocycles. The van der Waals surface area contributed by atoms with Crippen LogP contribution in [0.15, 0.2) is 42.5 Å². The summed E-state index contributed by atoms with van der Waals surface area (Å²) >= 11 is 0. The SMILES string of the molecule is Cc1cc(N)ccc1Nc1ccc(C(C)(C)C)cc1. The van der Waals surface area contributed by atoms with Gasteiger partial charge in [0.25, 0.3) is 0 Å². The molecule has 2 nitrogen and oxygen atoms in total. The summed E-state index contributed by atoms with van der Waals surface area (Å²) < 4.78 is 0. The van der Waals surface area contributed by atoms with Crippen LogP contribution in [0.2, 0.25) is 0 Å². The Bertz CT molecular complexity index is 563. The smallest absolute Gasteiger partial charge is 0.0415 e. The predicted octanol–water partition coefficient (Wildman–Crippen LogP) is 4.62. The number of rotatable bonds is 2. The number of hydrogen-bond acceptors (Lipinski definition) is 2. The van der Waals surface area contributed by atoms with E-state index in [4.69, 9.17) is 5.73 Å². The molecule has 100 valence electrons. The molecule has 2 heteroatoms. The summed E-state index contributed by atoms with van der Waals surface area (Å²) in [6, 6.07) is 14.5. The number of benzene rings is 2. The van der Waals surface area contributed by atoms with Crippen LogP contribution in [0.25, 0.3) is 0 Å². The topological polar surface area (TPSA) is 38.0 Å². The molecule has 3 N–H and O–H groups in total. The summed E-state index contributed by atoms with van der Waals surface area (Å²) in [6.07, 6.45) is 0. The number of nitrogens with two attached hydrogens (primary N) is 1. The standard InChI is InChI=1S/C17H22N2/c1-12-11-14(18)7-10-16(12)19-15-8-5-13(6-9-15)17(2,3)4/h5-11,19H,18H2,1-4H3. The van der Waals surface area contributed by atoms with Gasteiger partial charge in [0, 0.05) is 17.1 Å². The summed E-state index contributed by atoms with van der Waals surface area (Å²) in [5, 5.41) is 3.42. The van der Waals surface area contributed by atoms with Crippen LogP contribution in [0.1, 0.15) is 31.9 Å². The molecule has 0 atom stereocenters. The minimum Gasteiger partial charge on any atom is -0.399 e. The monoisotopic (exact) mass is 254 g/mol. The third-order valence-electron chi connectivity index (χ3n) is 3.28. The van der Waals surface area contributed by atoms with E-state index >= 15 is 0 Å².